The van der Waals surface area contributed by atoms with Crippen molar-refractivity contribution in [2.75, 3.05) is 7.11 Å². The minimum Gasteiger partial charge on any atom is -0.493 e. The van der Waals surface area contributed by atoms with Gasteiger partial charge in [0.05, 0.1) is 19.5 Å². The molecule has 0 amide bonds. The number of nitrogens with zero attached hydrogens (tertiary/aromatic N) is 3. The number of rotatable bonds is 4. The van der Waals surface area contributed by atoms with E-state index in [0.717, 1.165) is 12.3 Å². The van der Waals surface area contributed by atoms with Gasteiger partial charge in [-0.3, -0.25) is 14.5 Å². The molecule has 0 atom stereocenters. The molecule has 2 aromatic heterocycles. The Bertz CT molecular complexity index is 608. The van der Waals surface area contributed by atoms with E-state index in [-0.39, 0.29) is 17.4 Å². The van der Waals surface area contributed by atoms with Crippen LogP contribution < -0.4 is 4.74 Å². The predicted octanol–water partition coefficient (Wildman–Crippen LogP) is 2.24. The summed E-state index contributed by atoms with van der Waals surface area (Å²) in [5.74, 6) is -0.557. The number of ether oxygens (including phenoxy) is 1. The van der Waals surface area contributed by atoms with Crippen LogP contribution in [0.15, 0.2) is 24.7 Å². The summed E-state index contributed by atoms with van der Waals surface area (Å²) in [5.41, 5.74) is 0.464. The van der Waals surface area contributed by atoms with Gasteiger partial charge in [0.25, 0.3) is 0 Å². The fourth-order valence-corrected chi connectivity index (χ4v) is 1.78. The maximum Gasteiger partial charge on any atom is 0.216 e. The maximum absolute atomic E-state index is 13.1. The second-order valence-corrected chi connectivity index (χ2v) is 4.32. The highest BCUT2D eigenvalue weighted by atomic mass is 19.1. The first kappa shape index (κ1) is 13.2. The summed E-state index contributed by atoms with van der Waals surface area (Å²) in [7, 11) is 1.46. The monoisotopic (exact) mass is 263 g/mol. The summed E-state index contributed by atoms with van der Waals surface area (Å²) in [6, 6.07) is 1.14. The van der Waals surface area contributed by atoms with Crippen LogP contribution in [-0.2, 0) is 0 Å². The lowest BCUT2D eigenvalue weighted by Gasteiger charge is -2.11. The van der Waals surface area contributed by atoms with E-state index in [4.69, 9.17) is 4.74 Å². The van der Waals surface area contributed by atoms with E-state index in [9.17, 15) is 9.18 Å². The minimum atomic E-state index is -0.555. The molecule has 2 heterocycles. The van der Waals surface area contributed by atoms with Gasteiger partial charge in [-0.1, -0.05) is 0 Å². The van der Waals surface area contributed by atoms with Gasteiger partial charge < -0.3 is 4.74 Å². The van der Waals surface area contributed by atoms with Gasteiger partial charge in [-0.05, 0) is 19.9 Å². The van der Waals surface area contributed by atoms with E-state index in [0.29, 0.717) is 11.4 Å². The van der Waals surface area contributed by atoms with E-state index in [1.54, 1.807) is 4.68 Å². The number of hydrogen-bond acceptors (Lipinski definition) is 4. The van der Waals surface area contributed by atoms with Crippen LogP contribution in [0.2, 0.25) is 0 Å². The Morgan fingerprint density at radius 1 is 1.37 bits per heavy atom. The van der Waals surface area contributed by atoms with Crippen molar-refractivity contribution in [3.63, 3.8) is 0 Å². The average molecular weight is 263 g/mol. The van der Waals surface area contributed by atoms with Crippen LogP contribution in [0.3, 0.4) is 0 Å². The highest BCUT2D eigenvalue weighted by Gasteiger charge is 2.22. The Morgan fingerprint density at radius 3 is 2.68 bits per heavy atom. The lowest BCUT2D eigenvalue weighted by Crippen LogP contribution is -2.14. The van der Waals surface area contributed by atoms with Crippen molar-refractivity contribution in [1.29, 1.82) is 0 Å². The molecule has 2 rings (SSSR count). The second-order valence-electron chi connectivity index (χ2n) is 4.32. The topological polar surface area (TPSA) is 57.0 Å². The number of aromatic nitrogens is 3. The Hall–Kier alpha value is -2.24. The SMILES string of the molecule is COc1cnn(C(C)C)c1C(=O)c1cncc(F)c1. The third kappa shape index (κ3) is 2.47. The van der Waals surface area contributed by atoms with E-state index < -0.39 is 5.82 Å². The fourth-order valence-electron chi connectivity index (χ4n) is 1.78. The molecule has 0 aliphatic heterocycles. The standard InChI is InChI=1S/C13H14FN3O2/c1-8(2)17-12(11(19-3)7-16-17)13(18)9-4-10(14)6-15-5-9/h4-8H,1-3H3. The van der Waals surface area contributed by atoms with E-state index >= 15 is 0 Å². The largest absolute Gasteiger partial charge is 0.493 e. The molecule has 0 fully saturated rings. The van der Waals surface area contributed by atoms with Gasteiger partial charge in [0.15, 0.2) is 11.4 Å². The molecule has 2 aromatic rings. The number of pyridine rings is 1. The molecule has 0 aliphatic carbocycles. The summed E-state index contributed by atoms with van der Waals surface area (Å²) in [5, 5.41) is 4.11. The quantitative estimate of drug-likeness (QED) is 0.794. The lowest BCUT2D eigenvalue weighted by molar-refractivity contribution is 0.102. The zero-order valence-electron chi connectivity index (χ0n) is 10.9. The molecule has 0 spiro atoms. The van der Waals surface area contributed by atoms with Gasteiger partial charge in [0.1, 0.15) is 5.82 Å². The van der Waals surface area contributed by atoms with Gasteiger partial charge in [0, 0.05) is 17.8 Å². The molecule has 0 aliphatic rings. The summed E-state index contributed by atoms with van der Waals surface area (Å²) >= 11 is 0. The molecule has 0 radical (unpaired) electrons. The molecule has 0 N–H and O–H groups in total. The summed E-state index contributed by atoms with van der Waals surface area (Å²) < 4.78 is 19.8. The number of hydrogen-bond donors (Lipinski definition) is 0. The molecule has 19 heavy (non-hydrogen) atoms. The lowest BCUT2D eigenvalue weighted by atomic mass is 10.1. The van der Waals surface area contributed by atoms with Crippen LogP contribution in [0.1, 0.15) is 35.9 Å². The van der Waals surface area contributed by atoms with E-state index in [1.165, 1.54) is 19.5 Å². The predicted molar refractivity (Wildman–Crippen MR) is 66.8 cm³/mol. The molecule has 0 bridgehead atoms. The molecule has 0 aromatic carbocycles. The number of carbonyl (C=O) groups excluding carboxylic acids is 1. The summed E-state index contributed by atoms with van der Waals surface area (Å²) in [6.45, 7) is 3.79. The van der Waals surface area contributed by atoms with Crippen molar-refractivity contribution < 1.29 is 13.9 Å². The number of carbonyl (C=O) groups is 1. The molecule has 0 saturated carbocycles. The fraction of sp³-hybridized carbons (Fsp3) is 0.308. The van der Waals surface area contributed by atoms with E-state index in [2.05, 4.69) is 10.1 Å². The first-order valence-corrected chi connectivity index (χ1v) is 5.81. The Labute approximate surface area is 110 Å². The van der Waals surface area contributed by atoms with Crippen LogP contribution in [-0.4, -0.2) is 27.7 Å². The number of ketones is 1. The maximum atomic E-state index is 13.1. The van der Waals surface area contributed by atoms with Crippen LogP contribution in [0.4, 0.5) is 4.39 Å². The number of methoxy groups -OCH3 is 1. The van der Waals surface area contributed by atoms with Gasteiger partial charge >= 0.3 is 0 Å². The van der Waals surface area contributed by atoms with Crippen LogP contribution >= 0.6 is 0 Å². The normalized spacial score (nSPS) is 10.8. The average Bonchev–Trinajstić information content (AvgIpc) is 2.81. The molecular formula is C13H14FN3O2. The smallest absolute Gasteiger partial charge is 0.216 e. The van der Waals surface area contributed by atoms with Crippen molar-refractivity contribution in [2.24, 2.45) is 0 Å². The third-order valence-electron chi connectivity index (χ3n) is 2.65. The Balaban J connectivity index is 2.51. The van der Waals surface area contributed by atoms with E-state index in [1.807, 2.05) is 13.8 Å². The van der Waals surface area contributed by atoms with Crippen LogP contribution in [0.25, 0.3) is 0 Å². The van der Waals surface area contributed by atoms with Crippen LogP contribution in [0.5, 0.6) is 5.75 Å². The zero-order chi connectivity index (χ0) is 14.0. The van der Waals surface area contributed by atoms with Gasteiger partial charge in [-0.2, -0.15) is 5.10 Å². The Kier molecular flexibility index (Phi) is 3.59. The molecule has 5 nitrogen and oxygen atoms in total. The van der Waals surface area contributed by atoms with Crippen molar-refractivity contribution in [1.82, 2.24) is 14.8 Å². The first-order valence-electron chi connectivity index (χ1n) is 5.81. The van der Waals surface area contributed by atoms with Gasteiger partial charge in [-0.25, -0.2) is 4.39 Å². The van der Waals surface area contributed by atoms with Gasteiger partial charge in [-0.15, -0.1) is 0 Å². The highest BCUT2D eigenvalue weighted by molar-refractivity contribution is 6.09. The second kappa shape index (κ2) is 5.17. The molecule has 0 saturated heterocycles. The number of halogens is 1. The Morgan fingerprint density at radius 2 is 2.11 bits per heavy atom. The third-order valence-corrected chi connectivity index (χ3v) is 2.65. The first-order chi connectivity index (χ1) is 9.04. The van der Waals surface area contributed by atoms with Crippen molar-refractivity contribution in [3.05, 3.63) is 41.7 Å². The minimum absolute atomic E-state index is 0.00984. The molecular weight excluding hydrogens is 249 g/mol. The van der Waals surface area contributed by atoms with Crippen molar-refractivity contribution >= 4 is 5.78 Å². The van der Waals surface area contributed by atoms with Crippen molar-refractivity contribution in [2.45, 2.75) is 19.9 Å². The highest BCUT2D eigenvalue weighted by Crippen LogP contribution is 2.24. The molecule has 0 unspecified atom stereocenters. The molecule has 100 valence electrons. The van der Waals surface area contributed by atoms with Gasteiger partial charge in [0.2, 0.25) is 5.78 Å². The zero-order valence-corrected chi connectivity index (χ0v) is 10.9. The summed E-state index contributed by atoms with van der Waals surface area (Å²) in [4.78, 5) is 16.1. The van der Waals surface area contributed by atoms with Crippen LogP contribution in [0, 0.1) is 5.82 Å². The van der Waals surface area contributed by atoms with Crippen molar-refractivity contribution in [3.8, 4) is 5.75 Å². The molecule has 6 heteroatoms. The summed E-state index contributed by atoms with van der Waals surface area (Å²) in [6.07, 6.45) is 3.84.